The van der Waals surface area contributed by atoms with E-state index in [-0.39, 0.29) is 0 Å². The maximum absolute atomic E-state index is 11.9. The number of nitrogens with one attached hydrogen (secondary N) is 2. The third kappa shape index (κ3) is 5.17. The van der Waals surface area contributed by atoms with Crippen molar-refractivity contribution in [2.75, 3.05) is 45.8 Å². The Hall–Kier alpha value is -2.63. The molecule has 1 amide bonds. The van der Waals surface area contributed by atoms with E-state index in [1.807, 2.05) is 6.07 Å². The van der Waals surface area contributed by atoms with E-state index in [1.54, 1.807) is 13.2 Å². The Morgan fingerprint density at radius 1 is 1.19 bits per heavy atom. The van der Waals surface area contributed by atoms with Crippen molar-refractivity contribution in [3.63, 3.8) is 0 Å². The highest BCUT2D eigenvalue weighted by Gasteiger charge is 2.24. The smallest absolute Gasteiger partial charge is 0.276 e. The molecule has 10 nitrogen and oxygen atoms in total. The maximum atomic E-state index is 11.9. The second kappa shape index (κ2) is 9.67. The van der Waals surface area contributed by atoms with Gasteiger partial charge in [-0.1, -0.05) is 0 Å². The molecule has 1 aliphatic heterocycles. The van der Waals surface area contributed by atoms with Gasteiger partial charge in [0.1, 0.15) is 5.82 Å². The van der Waals surface area contributed by atoms with E-state index in [4.69, 9.17) is 15.2 Å². The summed E-state index contributed by atoms with van der Waals surface area (Å²) in [4.78, 5) is 18.7. The van der Waals surface area contributed by atoms with E-state index < -0.39 is 16.1 Å². The first-order valence-corrected chi connectivity index (χ1v) is 11.6. The van der Waals surface area contributed by atoms with Gasteiger partial charge in [-0.05, 0) is 37.3 Å². The number of carbonyl (C=O) groups is 1. The number of anilines is 1. The molecule has 1 aromatic carbocycles. The molecule has 1 saturated heterocycles. The fraction of sp³-hybridized carbons (Fsp3) is 0.500. The molecule has 1 aliphatic rings. The van der Waals surface area contributed by atoms with Crippen LogP contribution in [0.25, 0.3) is 10.8 Å². The molecule has 2 heterocycles. The molecule has 0 atom stereocenters. The fourth-order valence-electron chi connectivity index (χ4n) is 3.90. The van der Waals surface area contributed by atoms with E-state index in [9.17, 15) is 13.2 Å². The van der Waals surface area contributed by atoms with Crippen LogP contribution in [0.4, 0.5) is 5.82 Å². The number of nitrogens with two attached hydrogens (primary N) is 1. The Balaban J connectivity index is 1.80. The zero-order valence-electron chi connectivity index (χ0n) is 18.0. The predicted molar refractivity (Wildman–Crippen MR) is 119 cm³/mol. The van der Waals surface area contributed by atoms with Gasteiger partial charge in [-0.2, -0.15) is 8.42 Å². The second-order valence-corrected chi connectivity index (χ2v) is 9.14. The van der Waals surface area contributed by atoms with Crippen LogP contribution in [0.3, 0.4) is 0 Å². The zero-order chi connectivity index (χ0) is 22.6. The molecule has 2 aromatic rings. The van der Waals surface area contributed by atoms with Gasteiger partial charge in [-0.25, -0.2) is 14.4 Å². The quantitative estimate of drug-likeness (QED) is 0.518. The summed E-state index contributed by atoms with van der Waals surface area (Å²) in [6, 6.07) is 3.57. The number of hydrogen-bond acceptors (Lipinski definition) is 7. The minimum Gasteiger partial charge on any atom is -0.493 e. The maximum Gasteiger partial charge on any atom is 0.276 e. The second-order valence-electron chi connectivity index (χ2n) is 7.43. The number of hydrogen-bond donors (Lipinski definition) is 3. The Bertz CT molecular complexity index is 1050. The van der Waals surface area contributed by atoms with Gasteiger partial charge < -0.3 is 20.1 Å². The first-order valence-electron chi connectivity index (χ1n) is 10.1. The molecule has 0 bridgehead atoms. The Kier molecular flexibility index (Phi) is 7.19. The summed E-state index contributed by atoms with van der Waals surface area (Å²) in [5, 5.41) is 1.44. The standard InChI is InChI=1S/C20H29N5O5S/c1-22-31(27,28)24-7-4-13-5-8-25(9-6-13)20-15-11-18(30-3)17(29-2)10-14(15)16(12-23-20)19(21)26/h10-13,22,24H,4-9H2,1-3H3,(H2,21,26). The SMILES string of the molecule is CNS(=O)(=O)NCCC1CCN(c2ncc(C(N)=O)c3cc(OC)c(OC)cc23)CC1. The van der Waals surface area contributed by atoms with Crippen LogP contribution in [0.2, 0.25) is 0 Å². The molecule has 11 heteroatoms. The molecule has 0 unspecified atom stereocenters. The number of ether oxygens (including phenoxy) is 2. The summed E-state index contributed by atoms with van der Waals surface area (Å²) in [5.41, 5.74) is 5.88. The van der Waals surface area contributed by atoms with Crippen molar-refractivity contribution in [3.05, 3.63) is 23.9 Å². The van der Waals surface area contributed by atoms with Crippen LogP contribution in [-0.4, -0.2) is 60.2 Å². The molecule has 3 rings (SSSR count). The average Bonchev–Trinajstić information content (AvgIpc) is 2.77. The topological polar surface area (TPSA) is 136 Å². The van der Waals surface area contributed by atoms with E-state index >= 15 is 0 Å². The zero-order valence-corrected chi connectivity index (χ0v) is 18.8. The van der Waals surface area contributed by atoms with Gasteiger partial charge >= 0.3 is 0 Å². The minimum absolute atomic E-state index is 0.325. The number of methoxy groups -OCH3 is 2. The van der Waals surface area contributed by atoms with Crippen LogP contribution in [0.1, 0.15) is 29.6 Å². The lowest BCUT2D eigenvalue weighted by Gasteiger charge is -2.33. The summed E-state index contributed by atoms with van der Waals surface area (Å²) in [6.45, 7) is 1.95. The number of benzene rings is 1. The first kappa shape index (κ1) is 23.0. The number of aromatic nitrogens is 1. The number of fused-ring (bicyclic) bond motifs is 1. The third-order valence-electron chi connectivity index (χ3n) is 5.66. The molecule has 1 fully saturated rings. The van der Waals surface area contributed by atoms with Crippen LogP contribution in [-0.2, 0) is 10.2 Å². The van der Waals surface area contributed by atoms with Crippen LogP contribution >= 0.6 is 0 Å². The van der Waals surface area contributed by atoms with Crippen LogP contribution in [0, 0.1) is 5.92 Å². The Morgan fingerprint density at radius 3 is 2.35 bits per heavy atom. The molecule has 31 heavy (non-hydrogen) atoms. The van der Waals surface area contributed by atoms with E-state index in [0.29, 0.717) is 34.9 Å². The molecule has 4 N–H and O–H groups in total. The number of primary amides is 1. The van der Waals surface area contributed by atoms with Gasteiger partial charge in [-0.3, -0.25) is 4.79 Å². The monoisotopic (exact) mass is 451 g/mol. The van der Waals surface area contributed by atoms with Crippen LogP contribution < -0.4 is 29.6 Å². The molecule has 0 saturated carbocycles. The molecule has 0 aliphatic carbocycles. The number of pyridine rings is 1. The first-order chi connectivity index (χ1) is 14.8. The highest BCUT2D eigenvalue weighted by atomic mass is 32.2. The molecule has 170 valence electrons. The number of piperidine rings is 1. The Morgan fingerprint density at radius 2 is 1.81 bits per heavy atom. The van der Waals surface area contributed by atoms with Crippen LogP contribution in [0.15, 0.2) is 18.3 Å². The number of carbonyl (C=O) groups excluding carboxylic acids is 1. The predicted octanol–water partition coefficient (Wildman–Crippen LogP) is 1.01. The van der Waals surface area contributed by atoms with Crippen LogP contribution in [0.5, 0.6) is 11.5 Å². The van der Waals surface area contributed by atoms with Crippen molar-refractivity contribution in [1.29, 1.82) is 0 Å². The molecular weight excluding hydrogens is 422 g/mol. The largest absolute Gasteiger partial charge is 0.493 e. The summed E-state index contributed by atoms with van der Waals surface area (Å²) < 4.78 is 38.6. The number of rotatable bonds is 9. The van der Waals surface area contributed by atoms with Gasteiger partial charge in [0, 0.05) is 43.7 Å². The van der Waals surface area contributed by atoms with Crippen molar-refractivity contribution < 1.29 is 22.7 Å². The highest BCUT2D eigenvalue weighted by molar-refractivity contribution is 7.87. The van der Waals surface area contributed by atoms with Crippen molar-refractivity contribution in [1.82, 2.24) is 14.4 Å². The number of amides is 1. The van der Waals surface area contributed by atoms with Crippen molar-refractivity contribution in [2.45, 2.75) is 19.3 Å². The summed E-state index contributed by atoms with van der Waals surface area (Å²) in [7, 11) is 1.08. The van der Waals surface area contributed by atoms with Crippen molar-refractivity contribution >= 4 is 32.7 Å². The lowest BCUT2D eigenvalue weighted by molar-refractivity contribution is 0.100. The summed E-state index contributed by atoms with van der Waals surface area (Å²) in [5.74, 6) is 1.68. The number of nitrogens with zero attached hydrogens (tertiary/aromatic N) is 2. The lowest BCUT2D eigenvalue weighted by Crippen LogP contribution is -2.38. The van der Waals surface area contributed by atoms with Crippen molar-refractivity contribution in [2.24, 2.45) is 11.7 Å². The van der Waals surface area contributed by atoms with Gasteiger partial charge in [0.2, 0.25) is 0 Å². The van der Waals surface area contributed by atoms with Gasteiger partial charge in [0.05, 0.1) is 19.8 Å². The normalized spacial score (nSPS) is 15.3. The molecular formula is C20H29N5O5S. The van der Waals surface area contributed by atoms with Gasteiger partial charge in [0.15, 0.2) is 11.5 Å². The van der Waals surface area contributed by atoms with E-state index in [0.717, 1.165) is 43.6 Å². The van der Waals surface area contributed by atoms with E-state index in [1.165, 1.54) is 20.4 Å². The molecule has 0 spiro atoms. The van der Waals surface area contributed by atoms with Crippen molar-refractivity contribution in [3.8, 4) is 11.5 Å². The molecule has 1 aromatic heterocycles. The van der Waals surface area contributed by atoms with Gasteiger partial charge in [0.25, 0.3) is 16.1 Å². The molecule has 0 radical (unpaired) electrons. The van der Waals surface area contributed by atoms with E-state index in [2.05, 4.69) is 19.3 Å². The third-order valence-corrected chi connectivity index (χ3v) is 6.79. The fourth-order valence-corrected chi connectivity index (χ4v) is 4.43. The minimum atomic E-state index is -3.40. The lowest BCUT2D eigenvalue weighted by atomic mass is 9.93. The van der Waals surface area contributed by atoms with Gasteiger partial charge in [-0.15, -0.1) is 0 Å². The average molecular weight is 452 g/mol. The highest BCUT2D eigenvalue weighted by Crippen LogP contribution is 2.38. The summed E-state index contributed by atoms with van der Waals surface area (Å²) >= 11 is 0. The summed E-state index contributed by atoms with van der Waals surface area (Å²) in [6.07, 6.45) is 4.10. The Labute approximate surface area is 182 Å².